The highest BCUT2D eigenvalue weighted by atomic mass is 32.2. The molecule has 2 N–H and O–H groups in total. The van der Waals surface area contributed by atoms with E-state index in [-0.39, 0.29) is 17.0 Å². The van der Waals surface area contributed by atoms with E-state index in [9.17, 15) is 13.2 Å². The van der Waals surface area contributed by atoms with Gasteiger partial charge in [-0.15, -0.1) is 0 Å². The molecule has 0 spiro atoms. The lowest BCUT2D eigenvalue weighted by Crippen LogP contribution is -2.30. The minimum atomic E-state index is -3.75. The molecule has 0 saturated carbocycles. The van der Waals surface area contributed by atoms with Gasteiger partial charge in [-0.25, -0.2) is 12.7 Å². The lowest BCUT2D eigenvalue weighted by Gasteiger charge is -2.14. The molecule has 0 saturated heterocycles. The smallest absolute Gasteiger partial charge is 0.269 e. The molecule has 6 nitrogen and oxygen atoms in total. The maximum atomic E-state index is 12.2. The summed E-state index contributed by atoms with van der Waals surface area (Å²) in [7, 11) is -3.75. The van der Waals surface area contributed by atoms with Gasteiger partial charge in [-0.1, -0.05) is 0 Å². The molecule has 0 radical (unpaired) electrons. The van der Waals surface area contributed by atoms with Crippen LogP contribution in [-0.4, -0.2) is 25.2 Å². The van der Waals surface area contributed by atoms with Crippen molar-refractivity contribution >= 4 is 21.6 Å². The van der Waals surface area contributed by atoms with E-state index in [1.807, 2.05) is 6.07 Å². The van der Waals surface area contributed by atoms with Crippen molar-refractivity contribution in [2.24, 2.45) is 0 Å². The number of fused-ring (bicyclic) bond motifs is 1. The minimum Gasteiger partial charge on any atom is -0.399 e. The number of nitriles is 1. The van der Waals surface area contributed by atoms with Gasteiger partial charge in [0, 0.05) is 18.7 Å². The van der Waals surface area contributed by atoms with Crippen molar-refractivity contribution in [3.05, 3.63) is 23.8 Å². The van der Waals surface area contributed by atoms with Crippen LogP contribution in [0.25, 0.3) is 0 Å². The number of rotatable bonds is 4. The number of anilines is 1. The van der Waals surface area contributed by atoms with E-state index < -0.39 is 15.9 Å². The van der Waals surface area contributed by atoms with Gasteiger partial charge >= 0.3 is 0 Å². The average molecular weight is 279 g/mol. The molecule has 0 aliphatic carbocycles. The molecule has 19 heavy (non-hydrogen) atoms. The number of nitrogen functional groups attached to an aromatic ring is 1. The van der Waals surface area contributed by atoms with Gasteiger partial charge in [0.2, 0.25) is 0 Å². The number of benzene rings is 1. The molecule has 1 aliphatic rings. The van der Waals surface area contributed by atoms with Crippen molar-refractivity contribution < 1.29 is 13.2 Å². The van der Waals surface area contributed by atoms with Crippen molar-refractivity contribution in [3.8, 4) is 6.07 Å². The number of amides is 1. The highest BCUT2D eigenvalue weighted by Crippen LogP contribution is 2.31. The summed E-state index contributed by atoms with van der Waals surface area (Å²) in [6, 6.07) is 6.18. The summed E-state index contributed by atoms with van der Waals surface area (Å²) in [4.78, 5) is 12.1. The lowest BCUT2D eigenvalue weighted by molar-refractivity contribution is 0.0870. The zero-order valence-electron chi connectivity index (χ0n) is 10.2. The number of sulfonamides is 1. The van der Waals surface area contributed by atoms with Crippen LogP contribution in [0.1, 0.15) is 29.6 Å². The zero-order chi connectivity index (χ0) is 14.0. The number of carbonyl (C=O) groups excluding carboxylic acids is 1. The third-order valence-corrected chi connectivity index (χ3v) is 4.77. The molecule has 0 fully saturated rings. The van der Waals surface area contributed by atoms with E-state index in [1.54, 1.807) is 0 Å². The largest absolute Gasteiger partial charge is 0.399 e. The van der Waals surface area contributed by atoms with Gasteiger partial charge in [-0.05, 0) is 31.0 Å². The summed E-state index contributed by atoms with van der Waals surface area (Å²) < 4.78 is 25.2. The Bertz CT molecular complexity index is 661. The summed E-state index contributed by atoms with van der Waals surface area (Å²) in [5.74, 6) is -0.542. The van der Waals surface area contributed by atoms with Gasteiger partial charge in [0.25, 0.3) is 15.9 Å². The van der Waals surface area contributed by atoms with Crippen LogP contribution in [0.15, 0.2) is 23.1 Å². The quantitative estimate of drug-likeness (QED) is 0.656. The molecule has 7 heteroatoms. The highest BCUT2D eigenvalue weighted by Gasteiger charge is 2.40. The Balaban J connectivity index is 2.26. The fourth-order valence-electron chi connectivity index (χ4n) is 1.98. The molecule has 2 rings (SSSR count). The number of unbranched alkanes of at least 4 members (excludes halogenated alkanes) is 2. The van der Waals surface area contributed by atoms with E-state index in [0.29, 0.717) is 24.9 Å². The molecule has 1 aromatic rings. The van der Waals surface area contributed by atoms with E-state index in [2.05, 4.69) is 0 Å². The van der Waals surface area contributed by atoms with Gasteiger partial charge < -0.3 is 5.73 Å². The van der Waals surface area contributed by atoms with Crippen molar-refractivity contribution in [2.75, 3.05) is 12.3 Å². The van der Waals surface area contributed by atoms with E-state index >= 15 is 0 Å². The SMILES string of the molecule is N#CCCCCN1C(=O)c2cc(N)ccc2S1(=O)=O. The van der Waals surface area contributed by atoms with Crippen molar-refractivity contribution in [1.82, 2.24) is 4.31 Å². The van der Waals surface area contributed by atoms with Gasteiger partial charge in [-0.3, -0.25) is 4.79 Å². The normalized spacial score (nSPS) is 16.2. The number of nitrogens with two attached hydrogens (primary N) is 1. The molecule has 0 atom stereocenters. The molecule has 1 aromatic carbocycles. The molecule has 1 amide bonds. The van der Waals surface area contributed by atoms with E-state index in [4.69, 9.17) is 11.0 Å². The van der Waals surface area contributed by atoms with Crippen molar-refractivity contribution in [1.29, 1.82) is 5.26 Å². The van der Waals surface area contributed by atoms with Crippen LogP contribution in [-0.2, 0) is 10.0 Å². The van der Waals surface area contributed by atoms with Crippen LogP contribution in [0.4, 0.5) is 5.69 Å². The lowest BCUT2D eigenvalue weighted by atomic mass is 10.2. The first-order valence-corrected chi connectivity index (χ1v) is 7.26. The topological polar surface area (TPSA) is 104 Å². The van der Waals surface area contributed by atoms with Gasteiger partial charge in [0.1, 0.15) is 4.90 Å². The summed E-state index contributed by atoms with van der Waals surface area (Å²) in [6.07, 6.45) is 1.39. The maximum absolute atomic E-state index is 12.2. The minimum absolute atomic E-state index is 0.00647. The highest BCUT2D eigenvalue weighted by molar-refractivity contribution is 7.90. The molecule has 0 bridgehead atoms. The number of nitrogens with zero attached hydrogens (tertiary/aromatic N) is 2. The Hall–Kier alpha value is -2.07. The monoisotopic (exact) mass is 279 g/mol. The summed E-state index contributed by atoms with van der Waals surface area (Å²) >= 11 is 0. The Morgan fingerprint density at radius 1 is 1.32 bits per heavy atom. The Kier molecular flexibility index (Phi) is 3.44. The number of hydrogen-bond donors (Lipinski definition) is 1. The number of hydrogen-bond acceptors (Lipinski definition) is 5. The summed E-state index contributed by atoms with van der Waals surface area (Å²) in [6.45, 7) is 0.0947. The van der Waals surface area contributed by atoms with Gasteiger partial charge in [-0.2, -0.15) is 5.26 Å². The Labute approximate surface area is 111 Å². The van der Waals surface area contributed by atoms with E-state index in [1.165, 1.54) is 18.2 Å². The molecule has 0 aromatic heterocycles. The molecule has 0 unspecified atom stereocenters. The Morgan fingerprint density at radius 2 is 2.05 bits per heavy atom. The molecule has 1 heterocycles. The first-order valence-electron chi connectivity index (χ1n) is 5.82. The maximum Gasteiger partial charge on any atom is 0.269 e. The summed E-state index contributed by atoms with van der Waals surface area (Å²) in [5, 5.41) is 8.42. The Morgan fingerprint density at radius 3 is 2.74 bits per heavy atom. The predicted octanol–water partition coefficient (Wildman–Crippen LogP) is 1.11. The standard InChI is InChI=1S/C12H13N3O3S/c13-6-2-1-3-7-15-12(16)10-8-9(14)4-5-11(10)19(15,17)18/h4-5,8H,1-3,7,14H2. The fourth-order valence-corrected chi connectivity index (χ4v) is 3.57. The molecular formula is C12H13N3O3S. The van der Waals surface area contributed by atoms with E-state index in [0.717, 1.165) is 4.31 Å². The third kappa shape index (κ3) is 2.27. The van der Waals surface area contributed by atoms with Crippen LogP contribution in [0.3, 0.4) is 0 Å². The second kappa shape index (κ2) is 4.90. The average Bonchev–Trinajstić information content (AvgIpc) is 2.54. The molecule has 100 valence electrons. The van der Waals surface area contributed by atoms with Crippen molar-refractivity contribution in [3.63, 3.8) is 0 Å². The molecular weight excluding hydrogens is 266 g/mol. The van der Waals surface area contributed by atoms with Crippen molar-refractivity contribution in [2.45, 2.75) is 24.2 Å². The first kappa shape index (κ1) is 13.4. The fraction of sp³-hybridized carbons (Fsp3) is 0.333. The van der Waals surface area contributed by atoms with Crippen LogP contribution in [0.5, 0.6) is 0 Å². The predicted molar refractivity (Wildman–Crippen MR) is 68.5 cm³/mol. The second-order valence-corrected chi connectivity index (χ2v) is 6.08. The zero-order valence-corrected chi connectivity index (χ0v) is 11.0. The summed E-state index contributed by atoms with van der Waals surface area (Å²) in [5.41, 5.74) is 6.05. The molecule has 1 aliphatic heterocycles. The van der Waals surface area contributed by atoms with Crippen LogP contribution in [0.2, 0.25) is 0 Å². The first-order chi connectivity index (χ1) is 8.98. The van der Waals surface area contributed by atoms with Crippen LogP contribution in [0, 0.1) is 11.3 Å². The van der Waals surface area contributed by atoms with Gasteiger partial charge in [0.15, 0.2) is 0 Å². The van der Waals surface area contributed by atoms with Crippen LogP contribution < -0.4 is 5.73 Å². The van der Waals surface area contributed by atoms with Crippen LogP contribution >= 0.6 is 0 Å². The third-order valence-electron chi connectivity index (χ3n) is 2.93. The van der Waals surface area contributed by atoms with Gasteiger partial charge in [0.05, 0.1) is 11.6 Å². The number of carbonyl (C=O) groups is 1. The second-order valence-electron chi connectivity index (χ2n) is 4.25.